The van der Waals surface area contributed by atoms with E-state index < -0.39 is 29.7 Å². The number of anilines is 4. The SMILES string of the molecule is CN(CCCNc1nc(Nc2ccc(OCCOCCOCCOCCOCCOCCNc3cccc4c3C(=O)N(C3CCC(=O)NC3=O)C4=O)cc2)ncc1Br)C(=O)C1CCC1. The minimum atomic E-state index is -1.02. The monoisotopic (exact) mass is 952 g/mol. The molecule has 346 valence electrons. The van der Waals surface area contributed by atoms with E-state index in [4.69, 9.17) is 28.4 Å². The van der Waals surface area contributed by atoms with Gasteiger partial charge in [0.25, 0.3) is 11.8 Å². The van der Waals surface area contributed by atoms with Crippen LogP contribution in [0.4, 0.5) is 23.1 Å². The van der Waals surface area contributed by atoms with Crippen LogP contribution in [0.5, 0.6) is 5.75 Å². The number of rotatable bonds is 29. The summed E-state index contributed by atoms with van der Waals surface area (Å²) in [5.41, 5.74) is 1.71. The quantitative estimate of drug-likeness (QED) is 0.0570. The standard InChI is InChI=1S/C44H57BrN8O11/c1-52(41(56)30-5-2-6-30)17-4-15-47-39-34(45)29-48-44(51-39)49-31-9-11-32(12-10-31)64-28-27-63-26-25-62-24-23-61-22-21-60-20-19-59-18-16-46-35-8-3-7-33-38(35)43(58)53(42(33)57)36-13-14-37(54)50-40(36)55/h3,7-12,29-30,36,46H,2,4-6,13-28H2,1H3,(H,50,54,55)(H2,47,48,49,51). The number of imide groups is 2. The molecule has 0 radical (unpaired) electrons. The molecule has 19 nitrogen and oxygen atoms in total. The molecule has 2 aliphatic heterocycles. The molecule has 5 amide bonds. The molecule has 2 aromatic carbocycles. The van der Waals surface area contributed by atoms with Gasteiger partial charge < -0.3 is 49.3 Å². The van der Waals surface area contributed by atoms with Crippen LogP contribution in [-0.4, -0.2) is 155 Å². The topological polar surface area (TPSA) is 221 Å². The highest BCUT2D eigenvalue weighted by Crippen LogP contribution is 2.32. The minimum Gasteiger partial charge on any atom is -0.491 e. The zero-order chi connectivity index (χ0) is 45.1. The normalized spacial score (nSPS) is 16.0. The van der Waals surface area contributed by atoms with Crippen LogP contribution in [0, 0.1) is 5.92 Å². The molecule has 3 heterocycles. The number of hydrogen-bond donors (Lipinski definition) is 4. The number of nitrogens with one attached hydrogen (secondary N) is 4. The summed E-state index contributed by atoms with van der Waals surface area (Å²) in [5, 5.41) is 11.9. The number of fused-ring (bicyclic) bond motifs is 1. The number of ether oxygens (including phenoxy) is 6. The van der Waals surface area contributed by atoms with Crippen LogP contribution < -0.4 is 26.0 Å². The second-order valence-corrected chi connectivity index (χ2v) is 16.1. The average Bonchev–Trinajstić information content (AvgIpc) is 3.52. The largest absolute Gasteiger partial charge is 0.491 e. The molecule has 1 atom stereocenters. The highest BCUT2D eigenvalue weighted by molar-refractivity contribution is 9.10. The summed E-state index contributed by atoms with van der Waals surface area (Å²) >= 11 is 3.51. The van der Waals surface area contributed by atoms with Crippen molar-refractivity contribution in [3.05, 3.63) is 64.3 Å². The van der Waals surface area contributed by atoms with Gasteiger partial charge in [0.15, 0.2) is 0 Å². The van der Waals surface area contributed by atoms with Crippen molar-refractivity contribution in [3.63, 3.8) is 0 Å². The van der Waals surface area contributed by atoms with E-state index in [1.54, 1.807) is 24.4 Å². The van der Waals surface area contributed by atoms with Gasteiger partial charge in [-0.1, -0.05) is 12.5 Å². The first-order chi connectivity index (χ1) is 31.2. The highest BCUT2D eigenvalue weighted by atomic mass is 79.9. The Morgan fingerprint density at radius 2 is 1.47 bits per heavy atom. The molecule has 64 heavy (non-hydrogen) atoms. The molecule has 1 saturated heterocycles. The van der Waals surface area contributed by atoms with Crippen LogP contribution in [0.1, 0.15) is 59.2 Å². The number of carbonyl (C=O) groups is 5. The average molecular weight is 954 g/mol. The maximum Gasteiger partial charge on any atom is 0.264 e. The predicted molar refractivity (Wildman–Crippen MR) is 239 cm³/mol. The summed E-state index contributed by atoms with van der Waals surface area (Å²) in [6, 6.07) is 11.4. The second-order valence-electron chi connectivity index (χ2n) is 15.2. The number of carbonyl (C=O) groups excluding carboxylic acids is 5. The molecule has 3 aromatic rings. The summed E-state index contributed by atoms with van der Waals surface area (Å²) in [5.74, 6) is 0.119. The fourth-order valence-electron chi connectivity index (χ4n) is 7.04. The van der Waals surface area contributed by atoms with Gasteiger partial charge in [-0.2, -0.15) is 4.98 Å². The third kappa shape index (κ3) is 14.1. The number of amides is 5. The van der Waals surface area contributed by atoms with E-state index in [1.807, 2.05) is 36.2 Å². The molecule has 6 rings (SSSR count). The van der Waals surface area contributed by atoms with E-state index in [0.717, 1.165) is 40.7 Å². The Morgan fingerprint density at radius 3 is 2.11 bits per heavy atom. The summed E-state index contributed by atoms with van der Waals surface area (Å²) < 4.78 is 34.4. The Kier molecular flexibility index (Phi) is 19.1. The van der Waals surface area contributed by atoms with E-state index in [-0.39, 0.29) is 35.8 Å². The van der Waals surface area contributed by atoms with Crippen molar-refractivity contribution in [2.45, 2.75) is 44.6 Å². The lowest BCUT2D eigenvalue weighted by Crippen LogP contribution is -2.54. The molecular formula is C44H57BrN8O11. The lowest BCUT2D eigenvalue weighted by molar-refractivity contribution is -0.137. The molecule has 1 unspecified atom stereocenters. The summed E-state index contributed by atoms with van der Waals surface area (Å²) in [6.07, 6.45) is 5.84. The molecule has 1 saturated carbocycles. The number of benzene rings is 2. The third-order valence-corrected chi connectivity index (χ3v) is 11.2. The number of nitrogens with zero attached hydrogens (tertiary/aromatic N) is 4. The Labute approximate surface area is 380 Å². The molecule has 1 aliphatic carbocycles. The predicted octanol–water partition coefficient (Wildman–Crippen LogP) is 4.02. The van der Waals surface area contributed by atoms with Gasteiger partial charge in [-0.05, 0) is 78.0 Å². The number of halogens is 1. The highest BCUT2D eigenvalue weighted by Gasteiger charge is 2.45. The third-order valence-electron chi connectivity index (χ3n) is 10.7. The van der Waals surface area contributed by atoms with Gasteiger partial charge in [0.05, 0.1) is 81.7 Å². The molecule has 20 heteroatoms. The Balaban J connectivity index is 0.715. The maximum atomic E-state index is 13.2. The van der Waals surface area contributed by atoms with E-state index in [2.05, 4.69) is 47.2 Å². The zero-order valence-electron chi connectivity index (χ0n) is 36.1. The van der Waals surface area contributed by atoms with Crippen LogP contribution >= 0.6 is 15.9 Å². The molecule has 0 spiro atoms. The second kappa shape index (κ2) is 25.3. The molecule has 3 aliphatic rings. The maximum absolute atomic E-state index is 13.2. The van der Waals surface area contributed by atoms with Crippen LogP contribution in [0.15, 0.2) is 53.1 Å². The van der Waals surface area contributed by atoms with E-state index >= 15 is 0 Å². The first-order valence-electron chi connectivity index (χ1n) is 21.7. The van der Waals surface area contributed by atoms with Crippen molar-refractivity contribution in [2.24, 2.45) is 5.92 Å². The van der Waals surface area contributed by atoms with Crippen LogP contribution in [0.2, 0.25) is 0 Å². The fraction of sp³-hybridized carbons (Fsp3) is 0.523. The van der Waals surface area contributed by atoms with Crippen molar-refractivity contribution < 1.29 is 52.4 Å². The summed E-state index contributed by atoms with van der Waals surface area (Å²) in [6.45, 7) is 6.17. The van der Waals surface area contributed by atoms with Gasteiger partial charge in [0, 0.05) is 56.6 Å². The van der Waals surface area contributed by atoms with E-state index in [0.29, 0.717) is 116 Å². The van der Waals surface area contributed by atoms with Crippen LogP contribution in [0.3, 0.4) is 0 Å². The van der Waals surface area contributed by atoms with Crippen molar-refractivity contribution in [1.29, 1.82) is 0 Å². The number of aromatic nitrogens is 2. The van der Waals surface area contributed by atoms with Crippen molar-refractivity contribution in [2.75, 3.05) is 115 Å². The van der Waals surface area contributed by atoms with Crippen molar-refractivity contribution in [1.82, 2.24) is 25.1 Å². The van der Waals surface area contributed by atoms with Gasteiger partial charge in [0.1, 0.15) is 24.2 Å². The van der Waals surface area contributed by atoms with E-state index in [9.17, 15) is 24.0 Å². The Morgan fingerprint density at radius 1 is 0.812 bits per heavy atom. The van der Waals surface area contributed by atoms with Gasteiger partial charge in [-0.15, -0.1) is 0 Å². The zero-order valence-corrected chi connectivity index (χ0v) is 37.7. The Hall–Kier alpha value is -5.25. The Bertz CT molecular complexity index is 2040. The summed E-state index contributed by atoms with van der Waals surface area (Å²) in [4.78, 5) is 74.2. The first-order valence-corrected chi connectivity index (χ1v) is 22.5. The van der Waals surface area contributed by atoms with Gasteiger partial charge in [0.2, 0.25) is 23.7 Å². The first kappa shape index (κ1) is 48.2. The molecule has 0 bridgehead atoms. The van der Waals surface area contributed by atoms with Gasteiger partial charge >= 0.3 is 0 Å². The minimum absolute atomic E-state index is 0.0613. The van der Waals surface area contributed by atoms with Crippen LogP contribution in [-0.2, 0) is 38.1 Å². The molecule has 1 aromatic heterocycles. The van der Waals surface area contributed by atoms with E-state index in [1.165, 1.54) is 0 Å². The molecule has 2 fully saturated rings. The van der Waals surface area contributed by atoms with Crippen LogP contribution in [0.25, 0.3) is 0 Å². The fourth-order valence-corrected chi connectivity index (χ4v) is 7.37. The summed E-state index contributed by atoms with van der Waals surface area (Å²) in [7, 11) is 1.87. The molecule has 4 N–H and O–H groups in total. The number of piperidine rings is 1. The number of hydrogen-bond acceptors (Lipinski definition) is 16. The van der Waals surface area contributed by atoms with Crippen molar-refractivity contribution >= 4 is 68.6 Å². The lowest BCUT2D eigenvalue weighted by Gasteiger charge is -2.29. The molecular weight excluding hydrogens is 896 g/mol. The van der Waals surface area contributed by atoms with Crippen molar-refractivity contribution in [3.8, 4) is 5.75 Å². The lowest BCUT2D eigenvalue weighted by atomic mass is 9.84. The smallest absolute Gasteiger partial charge is 0.264 e. The van der Waals surface area contributed by atoms with Gasteiger partial charge in [-0.25, -0.2) is 4.98 Å². The van der Waals surface area contributed by atoms with Gasteiger partial charge in [-0.3, -0.25) is 34.2 Å².